The summed E-state index contributed by atoms with van der Waals surface area (Å²) in [5, 5.41) is 4.26. The molecule has 0 aromatic carbocycles. The molecule has 6 heteroatoms. The Bertz CT molecular complexity index is 361. The van der Waals surface area contributed by atoms with Gasteiger partial charge >= 0.3 is 0 Å². The summed E-state index contributed by atoms with van der Waals surface area (Å²) in [7, 11) is 1.99. The normalized spacial score (nSPS) is 22.6. The van der Waals surface area contributed by atoms with Crippen LogP contribution in [0.4, 0.5) is 0 Å². The first kappa shape index (κ1) is 16.0. The van der Waals surface area contributed by atoms with E-state index in [1.165, 1.54) is 25.0 Å². The van der Waals surface area contributed by atoms with Gasteiger partial charge in [-0.1, -0.05) is 6.42 Å². The third-order valence-corrected chi connectivity index (χ3v) is 4.30. The number of aryl methyl sites for hydroxylation is 1. The molecule has 1 aromatic rings. The van der Waals surface area contributed by atoms with Crippen molar-refractivity contribution in [1.82, 2.24) is 14.7 Å². The van der Waals surface area contributed by atoms with Crippen LogP contribution in [0.15, 0.2) is 10.7 Å². The predicted octanol–water partition coefficient (Wildman–Crippen LogP) is 2.31. The molecule has 4 nitrogen and oxygen atoms in total. The third kappa shape index (κ3) is 3.47. The molecule has 1 fully saturated rings. The molecule has 2 N–H and O–H groups in total. The van der Waals surface area contributed by atoms with Gasteiger partial charge in [-0.3, -0.25) is 9.58 Å². The van der Waals surface area contributed by atoms with Crippen molar-refractivity contribution in [3.8, 4) is 0 Å². The van der Waals surface area contributed by atoms with Crippen molar-refractivity contribution in [2.75, 3.05) is 6.54 Å². The third-order valence-electron chi connectivity index (χ3n) is 3.63. The first-order chi connectivity index (χ1) is 8.09. The van der Waals surface area contributed by atoms with Crippen molar-refractivity contribution in [3.05, 3.63) is 16.4 Å². The van der Waals surface area contributed by atoms with Gasteiger partial charge in [-0.05, 0) is 42.2 Å². The van der Waals surface area contributed by atoms with Crippen LogP contribution >= 0.6 is 28.3 Å². The highest BCUT2D eigenvalue weighted by Crippen LogP contribution is 2.24. The molecule has 104 valence electrons. The van der Waals surface area contributed by atoms with Crippen molar-refractivity contribution in [1.29, 1.82) is 0 Å². The van der Waals surface area contributed by atoms with Crippen LogP contribution in [0.5, 0.6) is 0 Å². The van der Waals surface area contributed by atoms with Crippen LogP contribution in [-0.4, -0.2) is 33.3 Å². The van der Waals surface area contributed by atoms with Gasteiger partial charge in [-0.25, -0.2) is 0 Å². The summed E-state index contributed by atoms with van der Waals surface area (Å²) >= 11 is 3.56. The zero-order valence-electron chi connectivity index (χ0n) is 11.0. The standard InChI is InChI=1S/C12H21BrN4.ClH/c1-9(14)11-5-3-4-6-17(11)8-12-10(13)7-15-16(12)2;/h7,9,11H,3-6,8,14H2,1-2H3;1H. The molecule has 1 saturated heterocycles. The molecule has 0 amide bonds. The molecule has 1 aliphatic rings. The Morgan fingerprint density at radius 3 is 2.83 bits per heavy atom. The highest BCUT2D eigenvalue weighted by Gasteiger charge is 2.26. The van der Waals surface area contributed by atoms with Gasteiger partial charge in [0.15, 0.2) is 0 Å². The van der Waals surface area contributed by atoms with E-state index < -0.39 is 0 Å². The highest BCUT2D eigenvalue weighted by molar-refractivity contribution is 9.10. The van der Waals surface area contributed by atoms with E-state index in [1.807, 2.05) is 17.9 Å². The van der Waals surface area contributed by atoms with E-state index in [1.54, 1.807) is 0 Å². The minimum absolute atomic E-state index is 0. The zero-order valence-corrected chi connectivity index (χ0v) is 13.4. The van der Waals surface area contributed by atoms with Crippen LogP contribution in [0.3, 0.4) is 0 Å². The second kappa shape index (κ2) is 6.89. The molecule has 2 heterocycles. The minimum atomic E-state index is 0. The number of likely N-dealkylation sites (tertiary alicyclic amines) is 1. The first-order valence-corrected chi connectivity index (χ1v) is 7.05. The average molecular weight is 338 g/mol. The lowest BCUT2D eigenvalue weighted by molar-refractivity contribution is 0.119. The van der Waals surface area contributed by atoms with Crippen molar-refractivity contribution in [2.24, 2.45) is 12.8 Å². The number of aromatic nitrogens is 2. The van der Waals surface area contributed by atoms with E-state index in [2.05, 4.69) is 32.9 Å². The van der Waals surface area contributed by atoms with Gasteiger partial charge in [0.2, 0.25) is 0 Å². The number of nitrogens with zero attached hydrogens (tertiary/aromatic N) is 3. The maximum atomic E-state index is 6.09. The fourth-order valence-corrected chi connectivity index (χ4v) is 3.09. The molecule has 2 unspecified atom stereocenters. The molecule has 0 radical (unpaired) electrons. The fraction of sp³-hybridized carbons (Fsp3) is 0.750. The van der Waals surface area contributed by atoms with E-state index in [0.29, 0.717) is 6.04 Å². The SMILES string of the molecule is CC(N)C1CCCCN1Cc1c(Br)cnn1C.Cl. The summed E-state index contributed by atoms with van der Waals surface area (Å²) in [5.41, 5.74) is 7.32. The summed E-state index contributed by atoms with van der Waals surface area (Å²) in [5.74, 6) is 0. The molecule has 2 atom stereocenters. The van der Waals surface area contributed by atoms with E-state index in [9.17, 15) is 0 Å². The van der Waals surface area contributed by atoms with E-state index >= 15 is 0 Å². The second-order valence-electron chi connectivity index (χ2n) is 4.96. The summed E-state index contributed by atoms with van der Waals surface area (Å²) in [4.78, 5) is 2.50. The molecule has 1 aromatic heterocycles. The minimum Gasteiger partial charge on any atom is -0.327 e. The molecule has 18 heavy (non-hydrogen) atoms. The Hall–Kier alpha value is -0.100. The van der Waals surface area contributed by atoms with Gasteiger partial charge in [0.25, 0.3) is 0 Å². The van der Waals surface area contributed by atoms with Crippen LogP contribution < -0.4 is 5.73 Å². The van der Waals surface area contributed by atoms with Gasteiger partial charge in [0.1, 0.15) is 0 Å². The summed E-state index contributed by atoms with van der Waals surface area (Å²) < 4.78 is 3.03. The molecule has 1 aliphatic heterocycles. The van der Waals surface area contributed by atoms with Crippen molar-refractivity contribution in [3.63, 3.8) is 0 Å². The maximum absolute atomic E-state index is 6.09. The largest absolute Gasteiger partial charge is 0.327 e. The topological polar surface area (TPSA) is 47.1 Å². The van der Waals surface area contributed by atoms with Crippen molar-refractivity contribution >= 4 is 28.3 Å². The van der Waals surface area contributed by atoms with Crippen LogP contribution in [0.25, 0.3) is 0 Å². The zero-order chi connectivity index (χ0) is 12.4. The number of hydrogen-bond donors (Lipinski definition) is 1. The summed E-state index contributed by atoms with van der Waals surface area (Å²) in [6.07, 6.45) is 5.65. The number of halogens is 2. The lowest BCUT2D eigenvalue weighted by atomic mass is 9.97. The van der Waals surface area contributed by atoms with Gasteiger partial charge < -0.3 is 5.73 Å². The van der Waals surface area contributed by atoms with Gasteiger partial charge in [-0.15, -0.1) is 12.4 Å². The number of rotatable bonds is 3. The van der Waals surface area contributed by atoms with Gasteiger partial charge in [0.05, 0.1) is 16.4 Å². The number of hydrogen-bond acceptors (Lipinski definition) is 3. The number of nitrogens with two attached hydrogens (primary N) is 1. The first-order valence-electron chi connectivity index (χ1n) is 6.25. The quantitative estimate of drug-likeness (QED) is 0.920. The average Bonchev–Trinajstić information content (AvgIpc) is 2.61. The Labute approximate surface area is 123 Å². The molecule has 0 saturated carbocycles. The molecule has 0 bridgehead atoms. The molecule has 2 rings (SSSR count). The summed E-state index contributed by atoms with van der Waals surface area (Å²) in [6, 6.07) is 0.743. The lowest BCUT2D eigenvalue weighted by Gasteiger charge is -2.38. The molecular formula is C12H22BrClN4. The van der Waals surface area contributed by atoms with Crippen LogP contribution in [0.1, 0.15) is 31.9 Å². The molecule has 0 aliphatic carbocycles. The smallest absolute Gasteiger partial charge is 0.0663 e. The number of piperidine rings is 1. The Morgan fingerprint density at radius 1 is 1.56 bits per heavy atom. The Kier molecular flexibility index (Phi) is 6.11. The van der Waals surface area contributed by atoms with Crippen molar-refractivity contribution < 1.29 is 0 Å². The van der Waals surface area contributed by atoms with E-state index in [-0.39, 0.29) is 18.4 Å². The summed E-state index contributed by atoms with van der Waals surface area (Å²) in [6.45, 7) is 4.19. The van der Waals surface area contributed by atoms with Gasteiger partial charge in [0, 0.05) is 25.7 Å². The van der Waals surface area contributed by atoms with Gasteiger partial charge in [-0.2, -0.15) is 5.10 Å². The molecular weight excluding hydrogens is 316 g/mol. The Balaban J connectivity index is 0.00000162. The monoisotopic (exact) mass is 336 g/mol. The second-order valence-corrected chi connectivity index (χ2v) is 5.81. The lowest BCUT2D eigenvalue weighted by Crippen LogP contribution is -2.48. The fourth-order valence-electron chi connectivity index (χ4n) is 2.61. The van der Waals surface area contributed by atoms with E-state index in [4.69, 9.17) is 5.73 Å². The van der Waals surface area contributed by atoms with E-state index in [0.717, 1.165) is 17.6 Å². The van der Waals surface area contributed by atoms with Crippen molar-refractivity contribution in [2.45, 2.75) is 44.8 Å². The van der Waals surface area contributed by atoms with Crippen LogP contribution in [0, 0.1) is 0 Å². The molecule has 0 spiro atoms. The predicted molar refractivity (Wildman–Crippen MR) is 79.9 cm³/mol. The highest BCUT2D eigenvalue weighted by atomic mass is 79.9. The van der Waals surface area contributed by atoms with Crippen LogP contribution in [-0.2, 0) is 13.6 Å². The Morgan fingerprint density at radius 2 is 2.28 bits per heavy atom. The maximum Gasteiger partial charge on any atom is 0.0663 e. The van der Waals surface area contributed by atoms with Crippen LogP contribution in [0.2, 0.25) is 0 Å².